The minimum Gasteiger partial charge on any atom is -0.457 e. The molecule has 0 fully saturated rings. The molecule has 0 amide bonds. The number of nitrogen functional groups attached to an aromatic ring is 1. The van der Waals surface area contributed by atoms with Crippen molar-refractivity contribution in [3.63, 3.8) is 0 Å². The first kappa shape index (κ1) is 23.6. The van der Waals surface area contributed by atoms with Gasteiger partial charge in [0, 0.05) is 5.75 Å². The monoisotopic (exact) mass is 499 g/mol. The number of nitrogens with one attached hydrogen (secondary N) is 1. The van der Waals surface area contributed by atoms with Crippen LogP contribution in [0, 0.1) is 0 Å². The molecule has 10 heteroatoms. The summed E-state index contributed by atoms with van der Waals surface area (Å²) in [6, 6.07) is 17.6. The van der Waals surface area contributed by atoms with Gasteiger partial charge in [-0.2, -0.15) is 11.8 Å². The summed E-state index contributed by atoms with van der Waals surface area (Å²) in [5.74, 6) is 3.86. The Balaban J connectivity index is 1.50. The number of ether oxygens (including phenoxy) is 1. The Morgan fingerprint density at radius 2 is 1.91 bits per heavy atom. The average Bonchev–Trinajstić information content (AvgIpc) is 3.21. The molecule has 0 spiro atoms. The number of anilines is 2. The molecule has 0 bridgehead atoms. The second kappa shape index (κ2) is 11.6. The molecule has 0 aliphatic rings. The summed E-state index contributed by atoms with van der Waals surface area (Å²) in [4.78, 5) is 13.7. The quantitative estimate of drug-likeness (QED) is 0.188. The predicted octanol–water partition coefficient (Wildman–Crippen LogP) is 5.28. The van der Waals surface area contributed by atoms with E-state index in [1.807, 2.05) is 54.6 Å². The Kier molecular flexibility index (Phi) is 8.27. The minimum absolute atomic E-state index is 0.0248. The Bertz CT molecular complexity index is 1190. The number of nitrogens with two attached hydrogens (primary N) is 1. The number of aliphatic hydroxyl groups is 1. The molecule has 4 N–H and O–H groups in total. The molecule has 172 valence electrons. The Labute approximate surface area is 205 Å². The number of aromatic nitrogens is 3. The zero-order chi connectivity index (χ0) is 23.0. The highest BCUT2D eigenvalue weighted by molar-refractivity contribution is 7.98. The van der Waals surface area contributed by atoms with Gasteiger partial charge in [-0.15, -0.1) is 0 Å². The number of rotatable bonds is 11. The fraction of sp³-hybridized carbons (Fsp3) is 0.261. The molecule has 2 aromatic carbocycles. The van der Waals surface area contributed by atoms with Gasteiger partial charge < -0.3 is 20.9 Å². The highest BCUT2D eigenvalue weighted by Crippen LogP contribution is 2.32. The van der Waals surface area contributed by atoms with Gasteiger partial charge in [0.1, 0.15) is 16.2 Å². The molecular formula is C23H25N5O2S3. The van der Waals surface area contributed by atoms with E-state index < -0.39 is 0 Å². The molecule has 0 unspecified atom stereocenters. The van der Waals surface area contributed by atoms with Gasteiger partial charge in [-0.05, 0) is 48.3 Å². The summed E-state index contributed by atoms with van der Waals surface area (Å²) in [7, 11) is 0. The van der Waals surface area contributed by atoms with E-state index in [-0.39, 0.29) is 12.6 Å². The van der Waals surface area contributed by atoms with Crippen LogP contribution in [0.15, 0.2) is 59.8 Å². The maximum Gasteiger partial charge on any atom is 0.191 e. The SMILES string of the molecule is CSCC[C@@H](CO)Nc1nc(SCc2cccc(Oc3ccccc3)c2)nc2nc(N)sc12. The lowest BCUT2D eigenvalue weighted by Gasteiger charge is -2.17. The van der Waals surface area contributed by atoms with E-state index in [1.54, 1.807) is 11.8 Å². The number of thiazole rings is 1. The fourth-order valence-electron chi connectivity index (χ4n) is 3.12. The largest absolute Gasteiger partial charge is 0.457 e. The number of para-hydroxylation sites is 1. The van der Waals surface area contributed by atoms with Crippen molar-refractivity contribution in [2.24, 2.45) is 0 Å². The Morgan fingerprint density at radius 3 is 2.70 bits per heavy atom. The predicted molar refractivity (Wildman–Crippen MR) is 140 cm³/mol. The van der Waals surface area contributed by atoms with Gasteiger partial charge in [0.05, 0.1) is 12.6 Å². The molecule has 2 aromatic heterocycles. The lowest BCUT2D eigenvalue weighted by atomic mass is 10.2. The van der Waals surface area contributed by atoms with Crippen molar-refractivity contribution in [3.05, 3.63) is 60.2 Å². The van der Waals surface area contributed by atoms with Crippen LogP contribution in [0.2, 0.25) is 0 Å². The summed E-state index contributed by atoms with van der Waals surface area (Å²) in [5, 5.41) is 14.2. The first-order chi connectivity index (χ1) is 16.1. The number of hydrogen-bond donors (Lipinski definition) is 3. The normalized spacial score (nSPS) is 12.1. The topological polar surface area (TPSA) is 106 Å². The molecule has 0 aliphatic carbocycles. The van der Waals surface area contributed by atoms with E-state index in [0.717, 1.165) is 33.9 Å². The minimum atomic E-state index is -0.0939. The zero-order valence-electron chi connectivity index (χ0n) is 18.1. The second-order valence-corrected chi connectivity index (χ2v) is 10.2. The molecular weight excluding hydrogens is 474 g/mol. The van der Waals surface area contributed by atoms with Crippen molar-refractivity contribution in [1.82, 2.24) is 15.0 Å². The molecule has 7 nitrogen and oxygen atoms in total. The Hall–Kier alpha value is -2.53. The third kappa shape index (κ3) is 6.50. The third-order valence-corrected chi connectivity index (χ3v) is 7.17. The van der Waals surface area contributed by atoms with Crippen molar-refractivity contribution in [1.29, 1.82) is 0 Å². The van der Waals surface area contributed by atoms with Crippen molar-refractivity contribution < 1.29 is 9.84 Å². The van der Waals surface area contributed by atoms with Crippen molar-refractivity contribution in [2.75, 3.05) is 29.7 Å². The molecule has 0 saturated heterocycles. The molecule has 0 saturated carbocycles. The molecule has 1 atom stereocenters. The number of thioether (sulfide) groups is 2. The van der Waals surface area contributed by atoms with Gasteiger partial charge in [-0.25, -0.2) is 15.0 Å². The van der Waals surface area contributed by atoms with Crippen LogP contribution < -0.4 is 15.8 Å². The maximum absolute atomic E-state index is 9.78. The van der Waals surface area contributed by atoms with E-state index in [2.05, 4.69) is 21.5 Å². The van der Waals surface area contributed by atoms with Gasteiger partial charge in [-0.3, -0.25) is 0 Å². The van der Waals surface area contributed by atoms with E-state index in [1.165, 1.54) is 23.1 Å². The summed E-state index contributed by atoms with van der Waals surface area (Å²) in [5.41, 5.74) is 7.60. The van der Waals surface area contributed by atoms with E-state index in [0.29, 0.717) is 27.5 Å². The van der Waals surface area contributed by atoms with Crippen LogP contribution in [-0.4, -0.2) is 44.7 Å². The number of benzene rings is 2. The molecule has 33 heavy (non-hydrogen) atoms. The number of nitrogens with zero attached hydrogens (tertiary/aromatic N) is 3. The van der Waals surface area contributed by atoms with Gasteiger partial charge in [0.25, 0.3) is 0 Å². The lowest BCUT2D eigenvalue weighted by molar-refractivity contribution is 0.272. The van der Waals surface area contributed by atoms with Gasteiger partial charge in [0.15, 0.2) is 21.8 Å². The lowest BCUT2D eigenvalue weighted by Crippen LogP contribution is -2.25. The van der Waals surface area contributed by atoms with Gasteiger partial charge >= 0.3 is 0 Å². The second-order valence-electron chi connectivity index (χ2n) is 7.22. The first-order valence-electron chi connectivity index (χ1n) is 10.4. The van der Waals surface area contributed by atoms with Crippen LogP contribution in [0.3, 0.4) is 0 Å². The summed E-state index contributed by atoms with van der Waals surface area (Å²) in [6.45, 7) is 0.0248. The standard InChI is InChI=1S/C23H25N5O2S3/c1-31-11-10-16(13-29)25-20-19-21(26-22(24)33-19)28-23(27-20)32-14-15-6-5-9-18(12-15)30-17-7-3-2-4-8-17/h2-9,12,16,29H,10-11,13-14H2,1H3,(H3,24,25,26,27,28)/t16-/m0/s1. The number of aliphatic hydroxyl groups excluding tert-OH is 1. The van der Waals surface area contributed by atoms with Crippen molar-refractivity contribution in [3.8, 4) is 11.5 Å². The summed E-state index contributed by atoms with van der Waals surface area (Å²) < 4.78 is 6.74. The molecule has 4 aromatic rings. The van der Waals surface area contributed by atoms with Crippen molar-refractivity contribution in [2.45, 2.75) is 23.4 Å². The molecule has 0 aliphatic heterocycles. The van der Waals surface area contributed by atoms with Gasteiger partial charge in [-0.1, -0.05) is 53.4 Å². The number of fused-ring (bicyclic) bond motifs is 1. The smallest absolute Gasteiger partial charge is 0.191 e. The van der Waals surface area contributed by atoms with E-state index in [9.17, 15) is 5.11 Å². The van der Waals surface area contributed by atoms with Crippen LogP contribution in [0.5, 0.6) is 11.5 Å². The Morgan fingerprint density at radius 1 is 1.09 bits per heavy atom. The van der Waals surface area contributed by atoms with Crippen molar-refractivity contribution >= 4 is 56.2 Å². The van der Waals surface area contributed by atoms with Crippen LogP contribution >= 0.6 is 34.9 Å². The van der Waals surface area contributed by atoms with Crippen LogP contribution in [0.1, 0.15) is 12.0 Å². The molecule has 0 radical (unpaired) electrons. The van der Waals surface area contributed by atoms with Crippen LogP contribution in [0.4, 0.5) is 10.9 Å². The van der Waals surface area contributed by atoms with E-state index in [4.69, 9.17) is 15.5 Å². The number of hydrogen-bond acceptors (Lipinski definition) is 10. The fourth-order valence-corrected chi connectivity index (χ4v) is 5.14. The van der Waals surface area contributed by atoms with Gasteiger partial charge in [0.2, 0.25) is 0 Å². The maximum atomic E-state index is 9.78. The van der Waals surface area contributed by atoms with Crippen LogP contribution in [0.25, 0.3) is 10.3 Å². The summed E-state index contributed by atoms with van der Waals surface area (Å²) >= 11 is 4.61. The highest BCUT2D eigenvalue weighted by Gasteiger charge is 2.16. The molecule has 4 rings (SSSR count). The average molecular weight is 500 g/mol. The highest BCUT2D eigenvalue weighted by atomic mass is 32.2. The van der Waals surface area contributed by atoms with Crippen LogP contribution in [-0.2, 0) is 5.75 Å². The zero-order valence-corrected chi connectivity index (χ0v) is 20.6. The third-order valence-electron chi connectivity index (χ3n) is 4.73. The summed E-state index contributed by atoms with van der Waals surface area (Å²) in [6.07, 6.45) is 2.88. The molecule has 2 heterocycles. The first-order valence-corrected chi connectivity index (χ1v) is 13.6. The van der Waals surface area contributed by atoms with E-state index >= 15 is 0 Å².